The molecule has 0 radical (unpaired) electrons. The molecule has 90 valence electrons. The lowest BCUT2D eigenvalue weighted by atomic mass is 10.4. The maximum Gasteiger partial charge on any atom is 0.406 e. The number of aliphatic carboxylic acids is 1. The van der Waals surface area contributed by atoms with Gasteiger partial charge in [0.1, 0.15) is 6.54 Å². The fraction of sp³-hybridized carbons (Fsp3) is 0.333. The highest BCUT2D eigenvalue weighted by molar-refractivity contribution is 5.74. The number of aryl methyl sites for hydroxylation is 1. The van der Waals surface area contributed by atoms with Gasteiger partial charge in [-0.2, -0.15) is 0 Å². The number of hydrogen-bond acceptors (Lipinski definition) is 5. The minimum Gasteiger partial charge on any atom is -0.480 e. The molecule has 8 nitrogen and oxygen atoms in total. The summed E-state index contributed by atoms with van der Waals surface area (Å²) in [5.41, 5.74) is 0. The van der Waals surface area contributed by atoms with Crippen molar-refractivity contribution in [1.82, 2.24) is 9.55 Å². The summed E-state index contributed by atoms with van der Waals surface area (Å²) in [4.78, 5) is 25.5. The first-order valence-corrected chi connectivity index (χ1v) is 4.53. The molecule has 0 bridgehead atoms. The van der Waals surface area contributed by atoms with E-state index in [9.17, 15) is 14.9 Å². The minimum atomic E-state index is -1.13. The smallest absolute Gasteiger partial charge is 0.406 e. The highest BCUT2D eigenvalue weighted by Crippen LogP contribution is 2.25. The summed E-state index contributed by atoms with van der Waals surface area (Å²) in [6.45, 7) is -0.475. The molecular formula is C9H10N4O4. The highest BCUT2D eigenvalue weighted by Gasteiger charge is 2.26. The van der Waals surface area contributed by atoms with Gasteiger partial charge in [-0.3, -0.25) is 9.36 Å². The Kier molecular flexibility index (Phi) is 3.66. The third-order valence-corrected chi connectivity index (χ3v) is 1.97. The second-order valence-electron chi connectivity index (χ2n) is 3.21. The Morgan fingerprint density at radius 2 is 2.47 bits per heavy atom. The minimum absolute atomic E-state index is 0.0489. The van der Waals surface area contributed by atoms with E-state index in [1.165, 1.54) is 22.8 Å². The maximum absolute atomic E-state index is 10.7. The van der Waals surface area contributed by atoms with Crippen molar-refractivity contribution in [3.05, 3.63) is 16.4 Å². The Balaban J connectivity index is 3.17. The van der Waals surface area contributed by atoms with E-state index in [4.69, 9.17) is 11.5 Å². The summed E-state index contributed by atoms with van der Waals surface area (Å²) >= 11 is 0. The topological polar surface area (TPSA) is 102 Å². The number of imidazole rings is 1. The molecule has 0 saturated heterocycles. The molecule has 1 heterocycles. The third-order valence-electron chi connectivity index (χ3n) is 1.97. The van der Waals surface area contributed by atoms with Crippen molar-refractivity contribution in [2.24, 2.45) is 7.05 Å². The molecule has 8 heteroatoms. The second-order valence-corrected chi connectivity index (χ2v) is 3.21. The van der Waals surface area contributed by atoms with E-state index in [1.807, 2.05) is 0 Å². The number of terminal acetylenes is 1. The number of aromatic nitrogens is 2. The first-order valence-electron chi connectivity index (χ1n) is 4.53. The second kappa shape index (κ2) is 4.98. The van der Waals surface area contributed by atoms with Gasteiger partial charge in [0.15, 0.2) is 0 Å². The predicted molar refractivity (Wildman–Crippen MR) is 58.5 cm³/mol. The van der Waals surface area contributed by atoms with Crippen LogP contribution in [0.4, 0.5) is 11.6 Å². The standard InChI is InChI=1S/C9H10N4O4/c1-3-4-12(5-7(14)15)9-8(13(16)17)10-6-11(9)2/h1,6H,4-5H2,2H3,(H,14,15). The van der Waals surface area contributed by atoms with Crippen LogP contribution < -0.4 is 4.90 Å². The fourth-order valence-electron chi connectivity index (χ4n) is 1.38. The average Bonchev–Trinajstić information content (AvgIpc) is 2.59. The first-order chi connectivity index (χ1) is 7.97. The lowest BCUT2D eigenvalue weighted by Crippen LogP contribution is -2.31. The number of nitrogens with zero attached hydrogens (tertiary/aromatic N) is 4. The van der Waals surface area contributed by atoms with Crippen LogP contribution in [0.1, 0.15) is 0 Å². The molecule has 1 N–H and O–H groups in total. The average molecular weight is 238 g/mol. The van der Waals surface area contributed by atoms with Crippen molar-refractivity contribution in [1.29, 1.82) is 0 Å². The van der Waals surface area contributed by atoms with Gasteiger partial charge in [-0.15, -0.1) is 6.42 Å². The van der Waals surface area contributed by atoms with Gasteiger partial charge in [0, 0.05) is 7.05 Å². The van der Waals surface area contributed by atoms with Crippen LogP contribution >= 0.6 is 0 Å². The van der Waals surface area contributed by atoms with Crippen LogP contribution in [0.15, 0.2) is 6.33 Å². The van der Waals surface area contributed by atoms with Crippen LogP contribution in [0.25, 0.3) is 0 Å². The summed E-state index contributed by atoms with van der Waals surface area (Å²) in [5, 5.41) is 19.5. The van der Waals surface area contributed by atoms with Crippen molar-refractivity contribution in [3.63, 3.8) is 0 Å². The molecule has 0 spiro atoms. The number of hydrogen-bond donors (Lipinski definition) is 1. The number of rotatable bonds is 5. The van der Waals surface area contributed by atoms with Gasteiger partial charge in [0.2, 0.25) is 12.1 Å². The quantitative estimate of drug-likeness (QED) is 0.435. The molecule has 0 unspecified atom stereocenters. The molecule has 1 aromatic rings. The van der Waals surface area contributed by atoms with E-state index in [-0.39, 0.29) is 12.4 Å². The van der Waals surface area contributed by atoms with Crippen LogP contribution in [0, 0.1) is 22.5 Å². The lowest BCUT2D eigenvalue weighted by molar-refractivity contribution is -0.388. The summed E-state index contributed by atoms with van der Waals surface area (Å²) in [5.74, 6) is 0.791. The molecule has 1 aromatic heterocycles. The third kappa shape index (κ3) is 2.72. The molecule has 0 atom stereocenters. The van der Waals surface area contributed by atoms with Crippen molar-refractivity contribution < 1.29 is 14.8 Å². The summed E-state index contributed by atoms with van der Waals surface area (Å²) in [7, 11) is 1.53. The summed E-state index contributed by atoms with van der Waals surface area (Å²) in [6.07, 6.45) is 6.34. The van der Waals surface area contributed by atoms with Crippen LogP contribution in [-0.4, -0.2) is 38.6 Å². The zero-order chi connectivity index (χ0) is 13.0. The predicted octanol–water partition coefficient (Wildman–Crippen LogP) is -0.148. The van der Waals surface area contributed by atoms with E-state index >= 15 is 0 Å². The Hall–Kier alpha value is -2.56. The van der Waals surface area contributed by atoms with E-state index in [0.29, 0.717) is 0 Å². The molecule has 0 aliphatic rings. The van der Waals surface area contributed by atoms with Crippen molar-refractivity contribution in [2.45, 2.75) is 0 Å². The van der Waals surface area contributed by atoms with Gasteiger partial charge in [-0.1, -0.05) is 5.92 Å². The highest BCUT2D eigenvalue weighted by atomic mass is 16.6. The SMILES string of the molecule is C#CCN(CC(=O)O)c1c([N+](=O)[O-])ncn1C. The van der Waals surface area contributed by atoms with E-state index in [2.05, 4.69) is 10.9 Å². The zero-order valence-corrected chi connectivity index (χ0v) is 9.03. The van der Waals surface area contributed by atoms with Crippen LogP contribution in [0.5, 0.6) is 0 Å². The van der Waals surface area contributed by atoms with E-state index < -0.39 is 23.3 Å². The van der Waals surface area contributed by atoms with Gasteiger partial charge >= 0.3 is 11.8 Å². The number of carboxylic acids is 1. The van der Waals surface area contributed by atoms with Gasteiger partial charge in [-0.05, 0) is 9.91 Å². The molecule has 17 heavy (non-hydrogen) atoms. The molecule has 0 aliphatic carbocycles. The zero-order valence-electron chi connectivity index (χ0n) is 9.03. The van der Waals surface area contributed by atoms with Crippen LogP contribution in [0.2, 0.25) is 0 Å². The molecular weight excluding hydrogens is 228 g/mol. The number of carbonyl (C=O) groups is 1. The van der Waals surface area contributed by atoms with Crippen molar-refractivity contribution in [3.8, 4) is 12.3 Å². The number of carboxylic acid groups (broad SMARTS) is 1. The molecule has 1 rings (SSSR count). The Labute approximate surface area is 96.6 Å². The largest absolute Gasteiger partial charge is 0.480 e. The summed E-state index contributed by atoms with van der Waals surface area (Å²) < 4.78 is 1.36. The number of nitro groups is 1. The fourth-order valence-corrected chi connectivity index (χ4v) is 1.38. The lowest BCUT2D eigenvalue weighted by Gasteiger charge is -2.18. The first kappa shape index (κ1) is 12.5. The van der Waals surface area contributed by atoms with E-state index in [0.717, 1.165) is 0 Å². The van der Waals surface area contributed by atoms with Gasteiger partial charge in [-0.25, -0.2) is 0 Å². The Morgan fingerprint density at radius 3 is 2.94 bits per heavy atom. The molecule has 0 saturated carbocycles. The van der Waals surface area contributed by atoms with Crippen molar-refractivity contribution >= 4 is 17.6 Å². The van der Waals surface area contributed by atoms with Gasteiger partial charge in [0.25, 0.3) is 0 Å². The molecule has 0 fully saturated rings. The molecule has 0 amide bonds. The maximum atomic E-state index is 10.7. The van der Waals surface area contributed by atoms with Gasteiger partial charge in [0.05, 0.1) is 6.54 Å². The molecule has 0 aliphatic heterocycles. The Bertz CT molecular complexity index is 488. The number of anilines is 1. The van der Waals surface area contributed by atoms with Gasteiger partial charge < -0.3 is 20.1 Å². The van der Waals surface area contributed by atoms with Crippen molar-refractivity contribution in [2.75, 3.05) is 18.0 Å². The van der Waals surface area contributed by atoms with E-state index in [1.54, 1.807) is 0 Å². The Morgan fingerprint density at radius 1 is 1.82 bits per heavy atom. The normalized spacial score (nSPS) is 9.65. The monoisotopic (exact) mass is 238 g/mol. The molecule has 0 aromatic carbocycles. The van der Waals surface area contributed by atoms with Crippen LogP contribution in [-0.2, 0) is 11.8 Å². The summed E-state index contributed by atoms with van der Waals surface area (Å²) in [6, 6.07) is 0. The van der Waals surface area contributed by atoms with Crippen LogP contribution in [0.3, 0.4) is 0 Å².